The number of hydrazone groups is 1. The second kappa shape index (κ2) is 7.12. The highest BCUT2D eigenvalue weighted by molar-refractivity contribution is 5.86. The van der Waals surface area contributed by atoms with Crippen molar-refractivity contribution in [1.29, 1.82) is 0 Å². The number of rotatable bonds is 5. The molecule has 0 heterocycles. The van der Waals surface area contributed by atoms with Gasteiger partial charge in [-0.05, 0) is 23.3 Å². The summed E-state index contributed by atoms with van der Waals surface area (Å²) in [6.07, 6.45) is 1.02. The van der Waals surface area contributed by atoms with E-state index < -0.39 is 22.4 Å². The van der Waals surface area contributed by atoms with Gasteiger partial charge in [0.15, 0.2) is 0 Å². The van der Waals surface area contributed by atoms with Gasteiger partial charge < -0.3 is 5.11 Å². The van der Waals surface area contributed by atoms with Gasteiger partial charge >= 0.3 is 0 Å². The van der Waals surface area contributed by atoms with Crippen LogP contribution in [-0.2, 0) is 11.2 Å². The van der Waals surface area contributed by atoms with Gasteiger partial charge in [0, 0.05) is 12.1 Å². The lowest BCUT2D eigenvalue weighted by molar-refractivity contribution is -0.385. The lowest BCUT2D eigenvalue weighted by Crippen LogP contribution is -2.19. The highest BCUT2D eigenvalue weighted by atomic mass is 19.1. The maximum Gasteiger partial charge on any atom is 0.270 e. The smallest absolute Gasteiger partial charge is 0.270 e. The Labute approximate surface area is 130 Å². The van der Waals surface area contributed by atoms with E-state index in [0.717, 1.165) is 24.4 Å². The number of nitrogens with one attached hydrogen (secondary N) is 1. The third-order valence-electron chi connectivity index (χ3n) is 2.88. The third kappa shape index (κ3) is 4.60. The minimum absolute atomic E-state index is 0.0127. The van der Waals surface area contributed by atoms with Crippen molar-refractivity contribution in [2.75, 3.05) is 0 Å². The van der Waals surface area contributed by atoms with Crippen LogP contribution in [0.3, 0.4) is 0 Å². The molecule has 23 heavy (non-hydrogen) atoms. The predicted octanol–water partition coefficient (Wildman–Crippen LogP) is 1.50. The number of hydrogen-bond donors (Lipinski definition) is 1. The van der Waals surface area contributed by atoms with Gasteiger partial charge in [0.05, 0.1) is 17.6 Å². The molecule has 0 atom stereocenters. The highest BCUT2D eigenvalue weighted by Gasteiger charge is 2.06. The average molecular weight is 316 g/mol. The van der Waals surface area contributed by atoms with Gasteiger partial charge in [0.1, 0.15) is 5.82 Å². The quantitative estimate of drug-likeness (QED) is 0.512. The largest absolute Gasteiger partial charge is 0.872 e. The number of amides is 1. The topological polar surface area (TPSA) is 108 Å². The standard InChI is InChI=1S/C15H12FN3O4/c16-12-3-1-10(2-4-12)7-15(21)18-17-9-11-8-13(19(22)23)5-6-14(11)20/h1-6,8-9,20H,7H2,(H,18,21)/p-1/b17-9-. The molecule has 8 heteroatoms. The van der Waals surface area contributed by atoms with E-state index in [1.54, 1.807) is 0 Å². The molecular formula is C15H11FN3O4-. The van der Waals surface area contributed by atoms with E-state index in [-0.39, 0.29) is 17.7 Å². The first-order valence-corrected chi connectivity index (χ1v) is 6.47. The summed E-state index contributed by atoms with van der Waals surface area (Å²) in [5, 5.41) is 25.8. The van der Waals surface area contributed by atoms with Crippen LogP contribution in [0.25, 0.3) is 0 Å². The summed E-state index contributed by atoms with van der Waals surface area (Å²) in [6, 6.07) is 8.62. The number of non-ortho nitro benzene ring substituents is 1. The zero-order chi connectivity index (χ0) is 16.8. The number of carbonyl (C=O) groups is 1. The lowest BCUT2D eigenvalue weighted by atomic mass is 10.1. The molecule has 0 radical (unpaired) electrons. The first-order valence-electron chi connectivity index (χ1n) is 6.47. The van der Waals surface area contributed by atoms with Crippen LogP contribution in [-0.4, -0.2) is 17.0 Å². The van der Waals surface area contributed by atoms with Gasteiger partial charge in [-0.2, -0.15) is 5.10 Å². The molecule has 0 fully saturated rings. The number of nitrogens with zero attached hydrogens (tertiary/aromatic N) is 2. The normalized spacial score (nSPS) is 10.7. The van der Waals surface area contributed by atoms with Gasteiger partial charge in [-0.25, -0.2) is 9.82 Å². The number of hydrogen-bond acceptors (Lipinski definition) is 5. The molecule has 0 saturated carbocycles. The molecule has 2 aromatic carbocycles. The Hall–Kier alpha value is -3.29. The zero-order valence-corrected chi connectivity index (χ0v) is 11.7. The maximum atomic E-state index is 12.7. The predicted molar refractivity (Wildman–Crippen MR) is 78.4 cm³/mol. The highest BCUT2D eigenvalue weighted by Crippen LogP contribution is 2.18. The SMILES string of the molecule is O=C(Cc1ccc(F)cc1)N/N=C\c1cc([N+](=O)[O-])ccc1[O-]. The number of halogens is 1. The molecule has 2 rings (SSSR count). The van der Waals surface area contributed by atoms with E-state index in [2.05, 4.69) is 10.5 Å². The Morgan fingerprint density at radius 1 is 1.26 bits per heavy atom. The van der Waals surface area contributed by atoms with Crippen molar-refractivity contribution < 1.29 is 19.2 Å². The van der Waals surface area contributed by atoms with Gasteiger partial charge in [-0.1, -0.05) is 23.9 Å². The van der Waals surface area contributed by atoms with Crippen molar-refractivity contribution in [1.82, 2.24) is 5.43 Å². The Morgan fingerprint density at radius 2 is 1.96 bits per heavy atom. The Kier molecular flexibility index (Phi) is 4.98. The van der Waals surface area contributed by atoms with Gasteiger partial charge in [-0.15, -0.1) is 0 Å². The summed E-state index contributed by atoms with van der Waals surface area (Å²) in [5.74, 6) is -1.32. The molecule has 0 saturated heterocycles. The van der Waals surface area contributed by atoms with E-state index in [0.29, 0.717) is 5.56 Å². The first kappa shape index (κ1) is 16.1. The summed E-state index contributed by atoms with van der Waals surface area (Å²) >= 11 is 0. The van der Waals surface area contributed by atoms with Gasteiger partial charge in [0.25, 0.3) is 5.69 Å². The molecule has 7 nitrogen and oxygen atoms in total. The van der Waals surface area contributed by atoms with Crippen LogP contribution in [0.2, 0.25) is 0 Å². The molecule has 0 unspecified atom stereocenters. The van der Waals surface area contributed by atoms with Crippen LogP contribution >= 0.6 is 0 Å². The van der Waals surface area contributed by atoms with E-state index >= 15 is 0 Å². The summed E-state index contributed by atoms with van der Waals surface area (Å²) in [4.78, 5) is 21.6. The van der Waals surface area contributed by atoms with E-state index in [4.69, 9.17) is 0 Å². The molecule has 1 amide bonds. The fourth-order valence-corrected chi connectivity index (χ4v) is 1.75. The molecule has 0 aliphatic rings. The summed E-state index contributed by atoms with van der Waals surface area (Å²) < 4.78 is 12.7. The van der Waals surface area contributed by atoms with Crippen molar-refractivity contribution in [3.8, 4) is 5.75 Å². The molecule has 118 valence electrons. The zero-order valence-electron chi connectivity index (χ0n) is 11.7. The summed E-state index contributed by atoms with van der Waals surface area (Å²) in [5.41, 5.74) is 2.54. The van der Waals surface area contributed by atoms with Crippen LogP contribution in [0.15, 0.2) is 47.6 Å². The summed E-state index contributed by atoms with van der Waals surface area (Å²) in [7, 11) is 0. The van der Waals surface area contributed by atoms with Crippen LogP contribution in [0.4, 0.5) is 10.1 Å². The minimum Gasteiger partial charge on any atom is -0.872 e. The number of carbonyl (C=O) groups excluding carboxylic acids is 1. The fraction of sp³-hybridized carbons (Fsp3) is 0.0667. The summed E-state index contributed by atoms with van der Waals surface area (Å²) in [6.45, 7) is 0. The van der Waals surface area contributed by atoms with Crippen molar-refractivity contribution in [2.45, 2.75) is 6.42 Å². The van der Waals surface area contributed by atoms with Crippen LogP contribution in [0.5, 0.6) is 5.75 Å². The second-order valence-corrected chi connectivity index (χ2v) is 4.58. The lowest BCUT2D eigenvalue weighted by Gasteiger charge is -2.08. The molecule has 0 bridgehead atoms. The van der Waals surface area contributed by atoms with E-state index in [1.165, 1.54) is 24.3 Å². The first-order chi connectivity index (χ1) is 11.0. The van der Waals surface area contributed by atoms with Crippen LogP contribution in [0, 0.1) is 15.9 Å². The molecule has 0 aliphatic carbocycles. The molecule has 1 N–H and O–H groups in total. The van der Waals surface area contributed by atoms with Crippen LogP contribution < -0.4 is 10.5 Å². The minimum atomic E-state index is -0.635. The van der Waals surface area contributed by atoms with Crippen molar-refractivity contribution in [2.24, 2.45) is 5.10 Å². The fourth-order valence-electron chi connectivity index (χ4n) is 1.75. The Morgan fingerprint density at radius 3 is 2.61 bits per heavy atom. The molecule has 0 spiro atoms. The van der Waals surface area contributed by atoms with Gasteiger partial charge in [-0.3, -0.25) is 14.9 Å². The van der Waals surface area contributed by atoms with E-state index in [9.17, 15) is 24.4 Å². The number of nitro groups is 1. The van der Waals surface area contributed by atoms with Crippen LogP contribution in [0.1, 0.15) is 11.1 Å². The van der Waals surface area contributed by atoms with Crippen molar-refractivity contribution in [3.63, 3.8) is 0 Å². The van der Waals surface area contributed by atoms with E-state index in [1.807, 2.05) is 0 Å². The number of nitro benzene ring substituents is 1. The van der Waals surface area contributed by atoms with Gasteiger partial charge in [0.2, 0.25) is 5.91 Å². The second-order valence-electron chi connectivity index (χ2n) is 4.58. The number of benzene rings is 2. The molecular weight excluding hydrogens is 305 g/mol. The molecule has 0 aromatic heterocycles. The van der Waals surface area contributed by atoms with Crippen molar-refractivity contribution in [3.05, 3.63) is 69.5 Å². The monoisotopic (exact) mass is 316 g/mol. The Bertz CT molecular complexity index is 760. The molecule has 2 aromatic rings. The van der Waals surface area contributed by atoms with Crippen molar-refractivity contribution >= 4 is 17.8 Å². The molecule has 0 aliphatic heterocycles. The average Bonchev–Trinajstić information content (AvgIpc) is 2.51. The maximum absolute atomic E-state index is 12.7. The third-order valence-corrected chi connectivity index (χ3v) is 2.88. The Balaban J connectivity index is 1.98.